The Labute approximate surface area is 120 Å². The van der Waals surface area contributed by atoms with E-state index in [-0.39, 0.29) is 0 Å². The van der Waals surface area contributed by atoms with Crippen molar-refractivity contribution in [3.05, 3.63) is 20.8 Å². The van der Waals surface area contributed by atoms with E-state index in [1.165, 1.54) is 27.9 Å². The smallest absolute Gasteiger partial charge is 0.136 e. The molecule has 2 aliphatic heterocycles. The van der Waals surface area contributed by atoms with Crippen molar-refractivity contribution in [2.45, 2.75) is 50.6 Å². The Morgan fingerprint density at radius 1 is 1.28 bits per heavy atom. The van der Waals surface area contributed by atoms with Crippen LogP contribution in [0.3, 0.4) is 0 Å². The summed E-state index contributed by atoms with van der Waals surface area (Å²) in [6, 6.07) is 5.40. The summed E-state index contributed by atoms with van der Waals surface area (Å²) in [5, 5.41) is 0. The van der Waals surface area contributed by atoms with Gasteiger partial charge in [-0.1, -0.05) is 6.42 Å². The Morgan fingerprint density at radius 2 is 2.00 bits per heavy atom. The zero-order chi connectivity index (χ0) is 12.5. The van der Waals surface area contributed by atoms with Crippen molar-refractivity contribution >= 4 is 33.0 Å². The normalized spacial score (nSPS) is 28.6. The maximum absolute atomic E-state index is 11.7. The van der Waals surface area contributed by atoms with E-state index >= 15 is 0 Å². The highest BCUT2D eigenvalue weighted by Gasteiger charge is 2.36. The first-order chi connectivity index (χ1) is 8.72. The molecule has 1 aromatic heterocycles. The molecule has 0 saturated carbocycles. The van der Waals surface area contributed by atoms with E-state index in [4.69, 9.17) is 0 Å². The van der Waals surface area contributed by atoms with Crippen molar-refractivity contribution in [1.29, 1.82) is 0 Å². The molecular weight excluding hydrogens is 310 g/mol. The van der Waals surface area contributed by atoms with Crippen molar-refractivity contribution in [1.82, 2.24) is 4.90 Å². The highest BCUT2D eigenvalue weighted by molar-refractivity contribution is 9.11. The molecule has 1 aromatic rings. The van der Waals surface area contributed by atoms with Crippen LogP contribution >= 0.6 is 27.3 Å². The zero-order valence-electron chi connectivity index (χ0n) is 10.4. The van der Waals surface area contributed by atoms with Crippen molar-refractivity contribution in [2.24, 2.45) is 0 Å². The van der Waals surface area contributed by atoms with E-state index in [1.807, 2.05) is 11.3 Å². The molecular formula is C14H18BrNOS. The molecule has 0 spiro atoms. The van der Waals surface area contributed by atoms with Gasteiger partial charge in [0.25, 0.3) is 0 Å². The van der Waals surface area contributed by atoms with Crippen molar-refractivity contribution in [2.75, 3.05) is 6.54 Å². The predicted octanol–water partition coefficient (Wildman–Crippen LogP) is 3.64. The summed E-state index contributed by atoms with van der Waals surface area (Å²) in [4.78, 5) is 15.7. The fourth-order valence-corrected chi connectivity index (χ4v) is 4.83. The highest BCUT2D eigenvalue weighted by atomic mass is 79.9. The van der Waals surface area contributed by atoms with Gasteiger partial charge in [-0.3, -0.25) is 9.69 Å². The van der Waals surface area contributed by atoms with Gasteiger partial charge < -0.3 is 0 Å². The molecule has 4 heteroatoms. The minimum Gasteiger partial charge on any atom is -0.300 e. The molecule has 0 amide bonds. The second-order valence-corrected chi connectivity index (χ2v) is 7.93. The van der Waals surface area contributed by atoms with Crippen LogP contribution in [-0.2, 0) is 11.2 Å². The number of halogens is 1. The van der Waals surface area contributed by atoms with Crippen molar-refractivity contribution in [3.63, 3.8) is 0 Å². The van der Waals surface area contributed by atoms with Gasteiger partial charge in [0.1, 0.15) is 5.78 Å². The lowest BCUT2D eigenvalue weighted by Gasteiger charge is -2.45. The van der Waals surface area contributed by atoms with E-state index in [9.17, 15) is 4.79 Å². The van der Waals surface area contributed by atoms with Crippen LogP contribution in [0.25, 0.3) is 0 Å². The number of hydrogen-bond donors (Lipinski definition) is 0. The average molecular weight is 328 g/mol. The van der Waals surface area contributed by atoms with Crippen LogP contribution in [0.15, 0.2) is 15.9 Å². The SMILES string of the molecule is O=C1CC2CCCC(C1)N2CCc1ccc(Br)s1. The van der Waals surface area contributed by atoms with Crippen LogP contribution in [0.1, 0.15) is 37.0 Å². The summed E-state index contributed by atoms with van der Waals surface area (Å²) < 4.78 is 1.21. The maximum atomic E-state index is 11.7. The number of nitrogens with zero attached hydrogens (tertiary/aromatic N) is 1. The largest absolute Gasteiger partial charge is 0.300 e. The fraction of sp³-hybridized carbons (Fsp3) is 0.643. The topological polar surface area (TPSA) is 20.3 Å². The molecule has 0 N–H and O–H groups in total. The molecule has 18 heavy (non-hydrogen) atoms. The molecule has 0 aliphatic carbocycles. The summed E-state index contributed by atoms with van der Waals surface area (Å²) in [6.45, 7) is 1.12. The maximum Gasteiger partial charge on any atom is 0.136 e. The number of ketones is 1. The van der Waals surface area contributed by atoms with Crippen LogP contribution in [0.2, 0.25) is 0 Å². The molecule has 0 radical (unpaired) electrons. The number of piperidine rings is 2. The van der Waals surface area contributed by atoms with Gasteiger partial charge in [-0.25, -0.2) is 0 Å². The van der Waals surface area contributed by atoms with E-state index < -0.39 is 0 Å². The number of fused-ring (bicyclic) bond motifs is 2. The minimum absolute atomic E-state index is 0.486. The number of carbonyl (C=O) groups excluding carboxylic acids is 1. The summed E-state index contributed by atoms with van der Waals surface area (Å²) >= 11 is 5.34. The van der Waals surface area contributed by atoms with Crippen LogP contribution in [-0.4, -0.2) is 29.3 Å². The lowest BCUT2D eigenvalue weighted by atomic mass is 9.83. The molecule has 98 valence electrons. The van der Waals surface area contributed by atoms with E-state index in [0.717, 1.165) is 25.8 Å². The van der Waals surface area contributed by atoms with Gasteiger partial charge in [0.05, 0.1) is 3.79 Å². The van der Waals surface area contributed by atoms with E-state index in [0.29, 0.717) is 17.9 Å². The van der Waals surface area contributed by atoms with Crippen LogP contribution < -0.4 is 0 Å². The number of Topliss-reactive ketones (excluding diaryl/α,β-unsaturated/α-hetero) is 1. The third-order valence-electron chi connectivity index (χ3n) is 4.18. The summed E-state index contributed by atoms with van der Waals surface area (Å²) in [5.74, 6) is 0.486. The van der Waals surface area contributed by atoms with Gasteiger partial charge in [0.15, 0.2) is 0 Å². The average Bonchev–Trinajstić information content (AvgIpc) is 2.72. The first-order valence-electron chi connectivity index (χ1n) is 6.74. The molecule has 2 unspecified atom stereocenters. The lowest BCUT2D eigenvalue weighted by Crippen LogP contribution is -2.52. The molecule has 2 aliphatic rings. The Hall–Kier alpha value is -0.190. The van der Waals surface area contributed by atoms with Gasteiger partial charge in [0.2, 0.25) is 0 Å². The molecule has 2 atom stereocenters. The summed E-state index contributed by atoms with van der Waals surface area (Å²) in [5.41, 5.74) is 0. The quantitative estimate of drug-likeness (QED) is 0.844. The van der Waals surface area contributed by atoms with Crippen LogP contribution in [0.4, 0.5) is 0 Å². The Morgan fingerprint density at radius 3 is 2.61 bits per heavy atom. The Balaban J connectivity index is 1.63. The van der Waals surface area contributed by atoms with Crippen molar-refractivity contribution < 1.29 is 4.79 Å². The molecule has 2 saturated heterocycles. The zero-order valence-corrected chi connectivity index (χ0v) is 12.8. The minimum atomic E-state index is 0.486. The van der Waals surface area contributed by atoms with Gasteiger partial charge in [-0.05, 0) is 47.3 Å². The van der Waals surface area contributed by atoms with Crippen LogP contribution in [0.5, 0.6) is 0 Å². The fourth-order valence-electron chi connectivity index (χ4n) is 3.36. The van der Waals surface area contributed by atoms with Gasteiger partial charge in [-0.15, -0.1) is 11.3 Å². The molecule has 3 heterocycles. The van der Waals surface area contributed by atoms with Gasteiger partial charge in [0, 0.05) is 36.3 Å². The first-order valence-corrected chi connectivity index (χ1v) is 8.35. The molecule has 0 aromatic carbocycles. The number of thiophene rings is 1. The molecule has 3 rings (SSSR count). The third-order valence-corrected chi connectivity index (χ3v) is 5.87. The molecule has 2 nitrogen and oxygen atoms in total. The Kier molecular flexibility index (Phi) is 3.87. The number of carbonyl (C=O) groups is 1. The second-order valence-electron chi connectivity index (χ2n) is 5.38. The summed E-state index contributed by atoms with van der Waals surface area (Å²) in [7, 11) is 0. The predicted molar refractivity (Wildman–Crippen MR) is 78.1 cm³/mol. The standard InChI is InChI=1S/C14H18BrNOS/c15-14-5-4-13(18-14)6-7-16-10-2-1-3-11(16)9-12(17)8-10/h4-5,10-11H,1-3,6-9H2. The first kappa shape index (κ1) is 12.8. The number of rotatable bonds is 3. The van der Waals surface area contributed by atoms with Crippen LogP contribution in [0, 0.1) is 0 Å². The second kappa shape index (κ2) is 5.43. The van der Waals surface area contributed by atoms with Gasteiger partial charge in [-0.2, -0.15) is 0 Å². The van der Waals surface area contributed by atoms with Gasteiger partial charge >= 0.3 is 0 Å². The van der Waals surface area contributed by atoms with Crippen molar-refractivity contribution in [3.8, 4) is 0 Å². The molecule has 2 fully saturated rings. The van der Waals surface area contributed by atoms with E-state index in [1.54, 1.807) is 0 Å². The number of hydrogen-bond acceptors (Lipinski definition) is 3. The lowest BCUT2D eigenvalue weighted by molar-refractivity contribution is -0.127. The third kappa shape index (κ3) is 2.70. The summed E-state index contributed by atoms with van der Waals surface area (Å²) in [6.07, 6.45) is 6.46. The molecule has 2 bridgehead atoms. The Bertz CT molecular complexity index is 429. The van der Waals surface area contributed by atoms with E-state index in [2.05, 4.69) is 33.0 Å². The monoisotopic (exact) mass is 327 g/mol. The highest BCUT2D eigenvalue weighted by Crippen LogP contribution is 2.32.